The summed E-state index contributed by atoms with van der Waals surface area (Å²) in [5, 5.41) is 3.60. The molecule has 0 saturated carbocycles. The maximum Gasteiger partial charge on any atom is 0.243 e. The van der Waals surface area contributed by atoms with E-state index in [1.165, 1.54) is 9.87 Å². The van der Waals surface area contributed by atoms with Gasteiger partial charge in [-0.15, -0.1) is 0 Å². The van der Waals surface area contributed by atoms with Gasteiger partial charge >= 0.3 is 0 Å². The Morgan fingerprint density at radius 3 is 2.37 bits per heavy atom. The van der Waals surface area contributed by atoms with Crippen LogP contribution in [-0.4, -0.2) is 38.9 Å². The van der Waals surface area contributed by atoms with Gasteiger partial charge in [0.1, 0.15) is 6.04 Å². The number of benzene rings is 2. The molecule has 0 aliphatic heterocycles. The summed E-state index contributed by atoms with van der Waals surface area (Å²) in [6, 6.07) is 12.3. The van der Waals surface area contributed by atoms with Crippen molar-refractivity contribution < 1.29 is 13.2 Å². The topological polar surface area (TPSA) is 66.5 Å². The average Bonchev–Trinajstić information content (AvgIpc) is 2.68. The largest absolute Gasteiger partial charge is 0.353 e. The van der Waals surface area contributed by atoms with Crippen molar-refractivity contribution in [2.24, 2.45) is 0 Å². The van der Waals surface area contributed by atoms with E-state index in [-0.39, 0.29) is 5.91 Å². The van der Waals surface area contributed by atoms with Gasteiger partial charge in [-0.25, -0.2) is 8.42 Å². The summed E-state index contributed by atoms with van der Waals surface area (Å²) < 4.78 is 26.3. The lowest BCUT2D eigenvalue weighted by molar-refractivity contribution is -0.122. The number of amides is 1. The lowest BCUT2D eigenvalue weighted by Gasteiger charge is -2.30. The molecule has 0 unspecified atom stereocenters. The van der Waals surface area contributed by atoms with E-state index in [0.717, 1.165) is 28.9 Å². The molecule has 8 heteroatoms. The van der Waals surface area contributed by atoms with Gasteiger partial charge in [0.2, 0.25) is 15.9 Å². The van der Waals surface area contributed by atoms with Crippen molar-refractivity contribution in [1.29, 1.82) is 0 Å². The quantitative estimate of drug-likeness (QED) is 0.519. The molecule has 0 saturated heterocycles. The van der Waals surface area contributed by atoms with E-state index in [1.54, 1.807) is 17.8 Å². The number of rotatable bonds is 10. The Balaban J connectivity index is 1.99. The molecule has 0 bridgehead atoms. The van der Waals surface area contributed by atoms with Crippen molar-refractivity contribution in [1.82, 2.24) is 5.32 Å². The Bertz CT molecular complexity index is 963. The summed E-state index contributed by atoms with van der Waals surface area (Å²) in [5.74, 6) is 1.27. The standard InChI is InChI=1S/C22H29ClN2O3S2/c1-5-21(25(30(4,27)28)20-11-6-16(2)17(3)14-20)22(26)24-12-13-29-15-18-7-9-19(23)10-8-18/h6-11,14,21H,5,12-13,15H2,1-4H3,(H,24,26)/t21-/m1/s1. The van der Waals surface area contributed by atoms with Crippen LogP contribution in [0.15, 0.2) is 42.5 Å². The Morgan fingerprint density at radius 1 is 1.13 bits per heavy atom. The van der Waals surface area contributed by atoms with Crippen LogP contribution in [-0.2, 0) is 20.6 Å². The number of nitrogens with zero attached hydrogens (tertiary/aromatic N) is 1. The Labute approximate surface area is 189 Å². The van der Waals surface area contributed by atoms with Crippen LogP contribution in [0.2, 0.25) is 5.02 Å². The molecule has 0 aliphatic rings. The van der Waals surface area contributed by atoms with Crippen molar-refractivity contribution in [3.8, 4) is 0 Å². The van der Waals surface area contributed by atoms with Gasteiger partial charge in [0.15, 0.2) is 0 Å². The van der Waals surface area contributed by atoms with Gasteiger partial charge in [0.05, 0.1) is 11.9 Å². The fourth-order valence-electron chi connectivity index (χ4n) is 3.06. The highest BCUT2D eigenvalue weighted by Gasteiger charge is 2.31. The number of sulfonamides is 1. The molecular formula is C22H29ClN2O3S2. The molecule has 0 radical (unpaired) electrons. The fourth-order valence-corrected chi connectivity index (χ4v) is 5.21. The van der Waals surface area contributed by atoms with Crippen molar-refractivity contribution in [3.63, 3.8) is 0 Å². The summed E-state index contributed by atoms with van der Waals surface area (Å²) in [6.07, 6.45) is 1.52. The molecule has 1 amide bonds. The molecule has 0 spiro atoms. The summed E-state index contributed by atoms with van der Waals surface area (Å²) in [7, 11) is -3.62. The molecule has 0 aliphatic carbocycles. The number of hydrogen-bond acceptors (Lipinski definition) is 4. The molecule has 5 nitrogen and oxygen atoms in total. The Morgan fingerprint density at radius 2 is 1.80 bits per heavy atom. The Kier molecular flexibility index (Phi) is 9.07. The normalized spacial score (nSPS) is 12.4. The maximum atomic E-state index is 12.8. The minimum atomic E-state index is -3.62. The molecule has 0 heterocycles. The molecule has 1 N–H and O–H groups in total. The number of carbonyl (C=O) groups excluding carboxylic acids is 1. The van der Waals surface area contributed by atoms with E-state index < -0.39 is 16.1 Å². The molecule has 0 fully saturated rings. The summed E-state index contributed by atoms with van der Waals surface area (Å²) in [5.41, 5.74) is 3.73. The highest BCUT2D eigenvalue weighted by Crippen LogP contribution is 2.25. The lowest BCUT2D eigenvalue weighted by Crippen LogP contribution is -2.49. The number of thioether (sulfide) groups is 1. The van der Waals surface area contributed by atoms with Crippen LogP contribution in [0.3, 0.4) is 0 Å². The fraction of sp³-hybridized carbons (Fsp3) is 0.409. The second-order valence-corrected chi connectivity index (χ2v) is 10.6. The molecule has 2 rings (SSSR count). The van der Waals surface area contributed by atoms with Gasteiger partial charge in [-0.2, -0.15) is 11.8 Å². The number of halogens is 1. The second kappa shape index (κ2) is 11.1. The third-order valence-electron chi connectivity index (χ3n) is 4.80. The first-order chi connectivity index (χ1) is 14.1. The summed E-state index contributed by atoms with van der Waals surface area (Å²) >= 11 is 7.59. The lowest BCUT2D eigenvalue weighted by atomic mass is 10.1. The molecule has 30 heavy (non-hydrogen) atoms. The number of nitrogens with one attached hydrogen (secondary N) is 1. The maximum absolute atomic E-state index is 12.8. The van der Waals surface area contributed by atoms with Gasteiger partial charge in [-0.1, -0.05) is 36.7 Å². The minimum Gasteiger partial charge on any atom is -0.353 e. The number of aryl methyl sites for hydroxylation is 2. The molecule has 164 valence electrons. The molecular weight excluding hydrogens is 440 g/mol. The van der Waals surface area contributed by atoms with Crippen LogP contribution in [0.25, 0.3) is 0 Å². The summed E-state index contributed by atoms with van der Waals surface area (Å²) in [4.78, 5) is 12.8. The zero-order valence-electron chi connectivity index (χ0n) is 17.8. The monoisotopic (exact) mass is 468 g/mol. The van der Waals surface area contributed by atoms with Crippen molar-refractivity contribution in [2.45, 2.75) is 39.0 Å². The van der Waals surface area contributed by atoms with Crippen molar-refractivity contribution in [3.05, 3.63) is 64.2 Å². The molecule has 0 aromatic heterocycles. The van der Waals surface area contributed by atoms with Crippen LogP contribution in [0.5, 0.6) is 0 Å². The predicted octanol–water partition coefficient (Wildman–Crippen LogP) is 4.55. The van der Waals surface area contributed by atoms with Gasteiger partial charge in [0.25, 0.3) is 0 Å². The third-order valence-corrected chi connectivity index (χ3v) is 7.26. The zero-order valence-corrected chi connectivity index (χ0v) is 20.2. The first-order valence-corrected chi connectivity index (χ1v) is 13.2. The average molecular weight is 469 g/mol. The first kappa shape index (κ1) is 24.6. The smallest absolute Gasteiger partial charge is 0.243 e. The van der Waals surface area contributed by atoms with Crippen LogP contribution in [0, 0.1) is 13.8 Å². The highest BCUT2D eigenvalue weighted by atomic mass is 35.5. The second-order valence-electron chi connectivity index (χ2n) is 7.22. The van der Waals surface area contributed by atoms with E-state index in [0.29, 0.717) is 23.7 Å². The van der Waals surface area contributed by atoms with Crippen molar-refractivity contribution in [2.75, 3.05) is 22.9 Å². The third kappa shape index (κ3) is 6.93. The predicted molar refractivity (Wildman–Crippen MR) is 128 cm³/mol. The minimum absolute atomic E-state index is 0.284. The van der Waals surface area contributed by atoms with E-state index >= 15 is 0 Å². The number of hydrogen-bond donors (Lipinski definition) is 1. The molecule has 2 aromatic rings. The van der Waals surface area contributed by atoms with E-state index in [1.807, 2.05) is 57.2 Å². The van der Waals surface area contributed by atoms with Gasteiger partial charge in [0, 0.05) is 23.1 Å². The highest BCUT2D eigenvalue weighted by molar-refractivity contribution is 7.98. The SMILES string of the molecule is CC[C@H](C(=O)NCCSCc1ccc(Cl)cc1)N(c1ccc(C)c(C)c1)S(C)(=O)=O. The van der Waals surface area contributed by atoms with E-state index in [9.17, 15) is 13.2 Å². The van der Waals surface area contributed by atoms with E-state index in [2.05, 4.69) is 5.32 Å². The number of carbonyl (C=O) groups is 1. The van der Waals surface area contributed by atoms with Gasteiger partial charge in [-0.05, 0) is 61.2 Å². The van der Waals surface area contributed by atoms with Gasteiger partial charge < -0.3 is 5.32 Å². The van der Waals surface area contributed by atoms with Crippen LogP contribution >= 0.6 is 23.4 Å². The van der Waals surface area contributed by atoms with Gasteiger partial charge in [-0.3, -0.25) is 9.10 Å². The van der Waals surface area contributed by atoms with Crippen LogP contribution < -0.4 is 9.62 Å². The molecule has 1 atom stereocenters. The first-order valence-electron chi connectivity index (χ1n) is 9.80. The van der Waals surface area contributed by atoms with Crippen LogP contribution in [0.4, 0.5) is 5.69 Å². The van der Waals surface area contributed by atoms with Crippen molar-refractivity contribution >= 4 is 45.0 Å². The molecule has 2 aromatic carbocycles. The zero-order chi connectivity index (χ0) is 22.3. The van der Waals surface area contributed by atoms with E-state index in [4.69, 9.17) is 11.6 Å². The summed E-state index contributed by atoms with van der Waals surface area (Å²) in [6.45, 7) is 6.19. The number of anilines is 1. The van der Waals surface area contributed by atoms with Crippen LogP contribution in [0.1, 0.15) is 30.0 Å². The Hall–Kier alpha value is -1.70.